The van der Waals surface area contributed by atoms with E-state index in [9.17, 15) is 14.7 Å². The van der Waals surface area contributed by atoms with Gasteiger partial charge >= 0.3 is 0 Å². The van der Waals surface area contributed by atoms with Crippen LogP contribution in [0.2, 0.25) is 0 Å². The average Bonchev–Trinajstić information content (AvgIpc) is 2.85. The number of aromatic nitrogens is 1. The van der Waals surface area contributed by atoms with E-state index in [1.807, 2.05) is 0 Å². The Morgan fingerprint density at radius 1 is 1.58 bits per heavy atom. The fourth-order valence-electron chi connectivity index (χ4n) is 2.18. The predicted molar refractivity (Wildman–Crippen MR) is 72.2 cm³/mol. The number of thiazole rings is 1. The Morgan fingerprint density at radius 3 is 3.05 bits per heavy atom. The van der Waals surface area contributed by atoms with Crippen LogP contribution in [-0.2, 0) is 4.79 Å². The first-order chi connectivity index (χ1) is 9.11. The molecule has 0 bridgehead atoms. The molecule has 1 atom stereocenters. The molecule has 104 valence electrons. The molecule has 2 rings (SSSR count). The van der Waals surface area contributed by atoms with E-state index >= 15 is 0 Å². The first-order valence-electron chi connectivity index (χ1n) is 6.26. The molecule has 0 aromatic carbocycles. The zero-order chi connectivity index (χ0) is 13.8. The highest BCUT2D eigenvalue weighted by atomic mass is 32.1. The van der Waals surface area contributed by atoms with Gasteiger partial charge in [0.2, 0.25) is 5.91 Å². The van der Waals surface area contributed by atoms with Gasteiger partial charge in [0.15, 0.2) is 5.13 Å². The van der Waals surface area contributed by atoms with Crippen molar-refractivity contribution in [1.82, 2.24) is 9.88 Å². The number of nitrogens with zero attached hydrogens (tertiary/aromatic N) is 2. The third-order valence-corrected chi connectivity index (χ3v) is 3.86. The lowest BCUT2D eigenvalue weighted by molar-refractivity contribution is -0.114. The van der Waals surface area contributed by atoms with Crippen molar-refractivity contribution in [3.8, 4) is 0 Å². The van der Waals surface area contributed by atoms with Gasteiger partial charge in [-0.1, -0.05) is 0 Å². The van der Waals surface area contributed by atoms with Crippen LogP contribution in [0.15, 0.2) is 5.38 Å². The summed E-state index contributed by atoms with van der Waals surface area (Å²) in [6, 6.07) is -0.118. The molecule has 2 heterocycles. The van der Waals surface area contributed by atoms with E-state index in [1.165, 1.54) is 18.3 Å². The molecule has 1 saturated heterocycles. The summed E-state index contributed by atoms with van der Waals surface area (Å²) in [6.45, 7) is 2.03. The Hall–Kier alpha value is -1.47. The number of piperidine rings is 1. The number of aliphatic hydroxyl groups is 1. The summed E-state index contributed by atoms with van der Waals surface area (Å²) in [5.74, 6) is -0.383. The second-order valence-electron chi connectivity index (χ2n) is 4.55. The van der Waals surface area contributed by atoms with Crippen molar-refractivity contribution < 1.29 is 14.7 Å². The van der Waals surface area contributed by atoms with Gasteiger partial charge in [0.05, 0.1) is 12.6 Å². The van der Waals surface area contributed by atoms with Crippen LogP contribution in [-0.4, -0.2) is 46.0 Å². The number of anilines is 1. The molecule has 0 spiro atoms. The molecule has 0 aliphatic carbocycles. The predicted octanol–water partition coefficient (Wildman–Crippen LogP) is 1.09. The molecule has 0 saturated carbocycles. The molecule has 2 amide bonds. The van der Waals surface area contributed by atoms with Gasteiger partial charge in [-0.3, -0.25) is 9.59 Å². The molecule has 1 fully saturated rings. The van der Waals surface area contributed by atoms with Crippen LogP contribution in [0.1, 0.15) is 36.7 Å². The van der Waals surface area contributed by atoms with Crippen molar-refractivity contribution in [2.24, 2.45) is 0 Å². The normalized spacial score (nSPS) is 19.3. The summed E-state index contributed by atoms with van der Waals surface area (Å²) < 4.78 is 0. The topological polar surface area (TPSA) is 82.5 Å². The van der Waals surface area contributed by atoms with Gasteiger partial charge in [0, 0.05) is 18.8 Å². The molecule has 2 N–H and O–H groups in total. The van der Waals surface area contributed by atoms with Gasteiger partial charge < -0.3 is 15.3 Å². The third-order valence-electron chi connectivity index (χ3n) is 3.11. The fraction of sp³-hybridized carbons (Fsp3) is 0.583. The third kappa shape index (κ3) is 3.30. The van der Waals surface area contributed by atoms with Crippen LogP contribution in [0.3, 0.4) is 0 Å². The number of hydrogen-bond donors (Lipinski definition) is 2. The van der Waals surface area contributed by atoms with E-state index < -0.39 is 0 Å². The Morgan fingerprint density at radius 2 is 2.37 bits per heavy atom. The average molecular weight is 283 g/mol. The standard InChI is InChI=1S/C12H17N3O3S/c1-8(17)13-12-14-10(7-19-12)11(18)15-5-3-2-4-9(15)6-16/h7,9,16H,2-6H2,1H3,(H,13,14,17). The molecule has 19 heavy (non-hydrogen) atoms. The molecule has 1 unspecified atom stereocenters. The molecular weight excluding hydrogens is 266 g/mol. The second kappa shape index (κ2) is 6.12. The van der Waals surface area contributed by atoms with Gasteiger partial charge in [0.1, 0.15) is 5.69 Å². The SMILES string of the molecule is CC(=O)Nc1nc(C(=O)N2CCCCC2CO)cs1. The largest absolute Gasteiger partial charge is 0.394 e. The quantitative estimate of drug-likeness (QED) is 0.870. The minimum absolute atomic E-state index is 0.0194. The number of likely N-dealkylation sites (tertiary alicyclic amines) is 1. The molecule has 1 aromatic heterocycles. The van der Waals surface area contributed by atoms with E-state index in [2.05, 4.69) is 10.3 Å². The van der Waals surface area contributed by atoms with Gasteiger partial charge in [0.25, 0.3) is 5.91 Å². The van der Waals surface area contributed by atoms with Crippen LogP contribution < -0.4 is 5.32 Å². The Bertz CT molecular complexity index is 475. The molecule has 1 aliphatic heterocycles. The van der Waals surface area contributed by atoms with E-state index in [0.29, 0.717) is 17.4 Å². The minimum atomic E-state index is -0.209. The minimum Gasteiger partial charge on any atom is -0.394 e. The Kier molecular flexibility index (Phi) is 4.49. The van der Waals surface area contributed by atoms with Crippen LogP contribution >= 0.6 is 11.3 Å². The maximum atomic E-state index is 12.3. The molecule has 6 nitrogen and oxygen atoms in total. The van der Waals surface area contributed by atoms with Crippen molar-refractivity contribution in [1.29, 1.82) is 0 Å². The molecule has 0 radical (unpaired) electrons. The number of nitrogens with one attached hydrogen (secondary N) is 1. The van der Waals surface area contributed by atoms with Crippen molar-refractivity contribution >= 4 is 28.3 Å². The van der Waals surface area contributed by atoms with Crippen LogP contribution in [0.5, 0.6) is 0 Å². The number of rotatable bonds is 3. The molecule has 7 heteroatoms. The molecular formula is C12H17N3O3S. The zero-order valence-corrected chi connectivity index (χ0v) is 11.6. The summed E-state index contributed by atoms with van der Waals surface area (Å²) in [4.78, 5) is 29.0. The maximum Gasteiger partial charge on any atom is 0.273 e. The van der Waals surface area contributed by atoms with Crippen LogP contribution in [0.4, 0.5) is 5.13 Å². The monoisotopic (exact) mass is 283 g/mol. The van der Waals surface area contributed by atoms with E-state index in [-0.39, 0.29) is 24.5 Å². The van der Waals surface area contributed by atoms with Gasteiger partial charge in [-0.15, -0.1) is 11.3 Å². The summed E-state index contributed by atoms with van der Waals surface area (Å²) >= 11 is 1.23. The van der Waals surface area contributed by atoms with Crippen molar-refractivity contribution in [3.05, 3.63) is 11.1 Å². The number of hydrogen-bond acceptors (Lipinski definition) is 5. The number of amides is 2. The summed E-state index contributed by atoms with van der Waals surface area (Å²) in [6.07, 6.45) is 2.80. The zero-order valence-electron chi connectivity index (χ0n) is 10.8. The lowest BCUT2D eigenvalue weighted by atomic mass is 10.0. The number of carbonyl (C=O) groups is 2. The van der Waals surface area contributed by atoms with Crippen LogP contribution in [0.25, 0.3) is 0 Å². The Balaban J connectivity index is 2.09. The number of carbonyl (C=O) groups excluding carboxylic acids is 2. The van der Waals surface area contributed by atoms with Crippen molar-refractivity contribution in [3.63, 3.8) is 0 Å². The van der Waals surface area contributed by atoms with E-state index in [1.54, 1.807) is 10.3 Å². The first-order valence-corrected chi connectivity index (χ1v) is 7.14. The highest BCUT2D eigenvalue weighted by molar-refractivity contribution is 7.14. The lowest BCUT2D eigenvalue weighted by Crippen LogP contribution is -2.45. The second-order valence-corrected chi connectivity index (χ2v) is 5.41. The summed E-state index contributed by atoms with van der Waals surface area (Å²) in [5.41, 5.74) is 0.328. The maximum absolute atomic E-state index is 12.3. The number of aliphatic hydroxyl groups excluding tert-OH is 1. The summed E-state index contributed by atoms with van der Waals surface area (Å²) in [7, 11) is 0. The Labute approximate surface area is 115 Å². The smallest absolute Gasteiger partial charge is 0.273 e. The highest BCUT2D eigenvalue weighted by Gasteiger charge is 2.28. The van der Waals surface area contributed by atoms with E-state index in [0.717, 1.165) is 19.3 Å². The molecule has 1 aliphatic rings. The van der Waals surface area contributed by atoms with Gasteiger partial charge in [-0.2, -0.15) is 0 Å². The van der Waals surface area contributed by atoms with Crippen molar-refractivity contribution in [2.75, 3.05) is 18.5 Å². The highest BCUT2D eigenvalue weighted by Crippen LogP contribution is 2.22. The first kappa shape index (κ1) is 14.0. The van der Waals surface area contributed by atoms with Gasteiger partial charge in [-0.05, 0) is 19.3 Å². The lowest BCUT2D eigenvalue weighted by Gasteiger charge is -2.34. The molecule has 1 aromatic rings. The fourth-order valence-corrected chi connectivity index (χ4v) is 2.92. The van der Waals surface area contributed by atoms with Gasteiger partial charge in [-0.25, -0.2) is 4.98 Å². The van der Waals surface area contributed by atoms with E-state index in [4.69, 9.17) is 0 Å². The van der Waals surface area contributed by atoms with Crippen molar-refractivity contribution in [2.45, 2.75) is 32.2 Å². The van der Waals surface area contributed by atoms with Crippen LogP contribution in [0, 0.1) is 0 Å². The summed E-state index contributed by atoms with van der Waals surface area (Å²) in [5, 5.41) is 13.9.